The second-order valence-corrected chi connectivity index (χ2v) is 11.1. The Balaban J connectivity index is 1.67. The van der Waals surface area contributed by atoms with E-state index in [4.69, 9.17) is 15.5 Å². The fourth-order valence-electron chi connectivity index (χ4n) is 5.31. The molecule has 1 aliphatic heterocycles. The largest absolute Gasteiger partial charge is 0.474 e. The molecule has 0 amide bonds. The minimum absolute atomic E-state index is 0.194. The lowest BCUT2D eigenvalue weighted by atomic mass is 9.85. The van der Waals surface area contributed by atoms with Crippen LogP contribution in [0.25, 0.3) is 11.3 Å². The van der Waals surface area contributed by atoms with E-state index in [-0.39, 0.29) is 11.5 Å². The number of hydrogen-bond acceptors (Lipinski definition) is 5. The number of aromatic nitrogens is 1. The summed E-state index contributed by atoms with van der Waals surface area (Å²) in [7, 11) is 0. The van der Waals surface area contributed by atoms with Gasteiger partial charge in [-0.25, -0.2) is 4.98 Å². The molecule has 0 radical (unpaired) electrons. The smallest absolute Gasteiger partial charge is 0.182 e. The molecule has 0 aliphatic carbocycles. The molecule has 2 heterocycles. The Bertz CT molecular complexity index is 1210. The van der Waals surface area contributed by atoms with E-state index >= 15 is 0 Å². The van der Waals surface area contributed by atoms with Crippen molar-refractivity contribution in [3.05, 3.63) is 95.4 Å². The molecule has 4 rings (SSSR count). The van der Waals surface area contributed by atoms with Gasteiger partial charge in [-0.3, -0.25) is 0 Å². The zero-order chi connectivity index (χ0) is 26.6. The maximum absolute atomic E-state index is 10.7. The Hall–Kier alpha value is -3.31. The molecule has 1 fully saturated rings. The summed E-state index contributed by atoms with van der Waals surface area (Å²) < 4.78 is 6.08. The monoisotopic (exact) mass is 499 g/mol. The average Bonchev–Trinajstić information content (AvgIpc) is 2.86. The topological polar surface area (TPSA) is 71.6 Å². The van der Waals surface area contributed by atoms with Crippen LogP contribution in [0.1, 0.15) is 74.8 Å². The first-order chi connectivity index (χ1) is 17.6. The first kappa shape index (κ1) is 26.7. The van der Waals surface area contributed by atoms with Crippen LogP contribution in [0.4, 0.5) is 5.82 Å². The van der Waals surface area contributed by atoms with Gasteiger partial charge in [-0.2, -0.15) is 0 Å². The molecule has 1 saturated heterocycles. The molecule has 1 aliphatic rings. The van der Waals surface area contributed by atoms with E-state index in [2.05, 4.69) is 66.1 Å². The number of anilines is 1. The number of hydrogen-bond donors (Lipinski definition) is 2. The van der Waals surface area contributed by atoms with Crippen molar-refractivity contribution in [2.75, 3.05) is 18.8 Å². The number of aliphatic hydroxyl groups excluding tert-OH is 1. The van der Waals surface area contributed by atoms with Gasteiger partial charge in [0.2, 0.25) is 0 Å². The molecule has 0 spiro atoms. The van der Waals surface area contributed by atoms with E-state index in [1.807, 2.05) is 26.8 Å². The minimum Gasteiger partial charge on any atom is -0.474 e. The first-order valence-electron chi connectivity index (χ1n) is 13.4. The molecule has 196 valence electrons. The Morgan fingerprint density at radius 2 is 1.84 bits per heavy atom. The summed E-state index contributed by atoms with van der Waals surface area (Å²) in [5, 5.41) is 10.7. The predicted octanol–water partition coefficient (Wildman–Crippen LogP) is 6.64. The molecule has 2 aromatic carbocycles. The Kier molecular flexibility index (Phi) is 8.23. The number of rotatable bonds is 8. The summed E-state index contributed by atoms with van der Waals surface area (Å²) >= 11 is 0. The van der Waals surface area contributed by atoms with Gasteiger partial charge in [-0.05, 0) is 82.7 Å². The molecule has 2 atom stereocenters. The van der Waals surface area contributed by atoms with Gasteiger partial charge in [0.15, 0.2) is 5.88 Å². The Labute approximate surface area is 222 Å². The number of piperidine rings is 1. The number of nitrogens with two attached hydrogens (primary N) is 1. The average molecular weight is 500 g/mol. The second-order valence-electron chi connectivity index (χ2n) is 11.1. The third kappa shape index (κ3) is 6.72. The van der Waals surface area contributed by atoms with E-state index in [0.717, 1.165) is 61.2 Å². The molecule has 37 heavy (non-hydrogen) atoms. The number of pyridine rings is 1. The van der Waals surface area contributed by atoms with Gasteiger partial charge >= 0.3 is 0 Å². The number of likely N-dealkylation sites (tertiary alicyclic amines) is 1. The normalized spacial score (nSPS) is 16.9. The number of ether oxygens (including phenoxy) is 1. The number of nitrogens with zero attached hydrogens (tertiary/aromatic N) is 2. The van der Waals surface area contributed by atoms with E-state index in [1.165, 1.54) is 11.1 Å². The van der Waals surface area contributed by atoms with Crippen molar-refractivity contribution in [2.45, 2.75) is 71.0 Å². The third-order valence-corrected chi connectivity index (χ3v) is 6.99. The Morgan fingerprint density at radius 1 is 1.14 bits per heavy atom. The summed E-state index contributed by atoms with van der Waals surface area (Å²) in [5.41, 5.74) is 12.6. The molecular weight excluding hydrogens is 458 g/mol. The van der Waals surface area contributed by atoms with Crippen molar-refractivity contribution in [2.24, 2.45) is 0 Å². The fourth-order valence-corrected chi connectivity index (χ4v) is 5.31. The zero-order valence-corrected chi connectivity index (χ0v) is 22.7. The van der Waals surface area contributed by atoms with Gasteiger partial charge < -0.3 is 20.5 Å². The predicted molar refractivity (Wildman–Crippen MR) is 152 cm³/mol. The highest BCUT2D eigenvalue weighted by molar-refractivity contribution is 5.68. The van der Waals surface area contributed by atoms with E-state index in [9.17, 15) is 5.11 Å². The van der Waals surface area contributed by atoms with Gasteiger partial charge in [0.05, 0.1) is 11.8 Å². The van der Waals surface area contributed by atoms with Crippen LogP contribution in [-0.2, 0) is 17.6 Å². The maximum atomic E-state index is 10.7. The quantitative estimate of drug-likeness (QED) is 0.340. The van der Waals surface area contributed by atoms with E-state index < -0.39 is 6.10 Å². The van der Waals surface area contributed by atoms with Crippen LogP contribution < -0.4 is 5.73 Å². The number of aliphatic hydroxyl groups is 1. The summed E-state index contributed by atoms with van der Waals surface area (Å²) in [5.74, 6) is 1.30. The number of benzene rings is 2. The Morgan fingerprint density at radius 3 is 2.54 bits per heavy atom. The molecule has 1 aromatic heterocycles. The molecule has 0 saturated carbocycles. The lowest BCUT2D eigenvalue weighted by Crippen LogP contribution is -2.37. The first-order valence-corrected chi connectivity index (χ1v) is 13.4. The highest BCUT2D eigenvalue weighted by atomic mass is 16.5. The van der Waals surface area contributed by atoms with Crippen LogP contribution in [0, 0.1) is 0 Å². The molecule has 3 N–H and O–H groups in total. The van der Waals surface area contributed by atoms with Gasteiger partial charge in [0.1, 0.15) is 11.4 Å². The van der Waals surface area contributed by atoms with Gasteiger partial charge in [-0.1, -0.05) is 54.6 Å². The lowest BCUT2D eigenvalue weighted by Gasteiger charge is -2.38. The lowest BCUT2D eigenvalue weighted by molar-refractivity contribution is -0.00383. The highest BCUT2D eigenvalue weighted by Crippen LogP contribution is 2.38. The van der Waals surface area contributed by atoms with Crippen LogP contribution in [-0.4, -0.2) is 33.7 Å². The number of aryl methyl sites for hydroxylation is 2. The number of nitrogen functional groups attached to an aromatic ring is 1. The van der Waals surface area contributed by atoms with Crippen LogP contribution in [0.2, 0.25) is 0 Å². The maximum Gasteiger partial charge on any atom is 0.182 e. The van der Waals surface area contributed by atoms with Crippen LogP contribution >= 0.6 is 0 Å². The standard InChI is InChI=1S/C32H41N3O2/c1-22(36)30-28(26-15-11-19-35(21-26)23(2)37-32(3,4)5)20-29(34-31(30)33)27-16-10-9-14-25(27)18-17-24-12-7-6-8-13-24/h6-10,12-14,16,20,22,26,36H,2,11,15,17-19,21H2,1,3-5H3,(H2,33,34). The van der Waals surface area contributed by atoms with Crippen LogP contribution in [0.15, 0.2) is 73.1 Å². The van der Waals surface area contributed by atoms with Crippen molar-refractivity contribution in [3.8, 4) is 11.3 Å². The fraction of sp³-hybridized carbons (Fsp3) is 0.406. The summed E-state index contributed by atoms with van der Waals surface area (Å²) in [6.45, 7) is 13.8. The van der Waals surface area contributed by atoms with Crippen molar-refractivity contribution in [3.63, 3.8) is 0 Å². The van der Waals surface area contributed by atoms with E-state index in [0.29, 0.717) is 11.7 Å². The summed E-state index contributed by atoms with van der Waals surface area (Å²) in [6, 6.07) is 21.1. The van der Waals surface area contributed by atoms with E-state index in [1.54, 1.807) is 6.92 Å². The minimum atomic E-state index is -0.700. The van der Waals surface area contributed by atoms with Crippen molar-refractivity contribution in [1.29, 1.82) is 0 Å². The summed E-state index contributed by atoms with van der Waals surface area (Å²) in [4.78, 5) is 7.02. The van der Waals surface area contributed by atoms with Crippen LogP contribution in [0.5, 0.6) is 0 Å². The SMILES string of the molecule is C=C(OC(C)(C)C)N1CCCC(c2cc(-c3ccccc3CCc3ccccc3)nc(N)c2C(C)O)C1. The molecule has 5 nitrogen and oxygen atoms in total. The van der Waals surface area contributed by atoms with Crippen LogP contribution in [0.3, 0.4) is 0 Å². The second kappa shape index (κ2) is 11.4. The van der Waals surface area contributed by atoms with Crippen molar-refractivity contribution >= 4 is 5.82 Å². The van der Waals surface area contributed by atoms with Gasteiger partial charge in [0.25, 0.3) is 0 Å². The third-order valence-electron chi connectivity index (χ3n) is 6.99. The summed E-state index contributed by atoms with van der Waals surface area (Å²) in [6.07, 6.45) is 3.20. The molecule has 2 unspecified atom stereocenters. The molecule has 0 bridgehead atoms. The zero-order valence-electron chi connectivity index (χ0n) is 22.7. The van der Waals surface area contributed by atoms with Crippen molar-refractivity contribution in [1.82, 2.24) is 9.88 Å². The van der Waals surface area contributed by atoms with Gasteiger partial charge in [-0.15, -0.1) is 0 Å². The van der Waals surface area contributed by atoms with Crippen molar-refractivity contribution < 1.29 is 9.84 Å². The van der Waals surface area contributed by atoms with Gasteiger partial charge in [0, 0.05) is 30.1 Å². The molecule has 5 heteroatoms. The molecule has 3 aromatic rings. The highest BCUT2D eigenvalue weighted by Gasteiger charge is 2.29. The molecular formula is C32H41N3O2.